The molecule has 0 radical (unpaired) electrons. The van der Waals surface area contributed by atoms with Crippen molar-refractivity contribution in [3.8, 4) is 0 Å². The van der Waals surface area contributed by atoms with Gasteiger partial charge in [-0.05, 0) is 33.1 Å². The molecule has 0 amide bonds. The maximum Gasteiger partial charge on any atom is 0.0310 e. The maximum absolute atomic E-state index is 5.78. The third kappa shape index (κ3) is 6.15. The van der Waals surface area contributed by atoms with Gasteiger partial charge in [0.25, 0.3) is 0 Å². The number of hydrogen-bond donors (Lipinski definition) is 0. The van der Waals surface area contributed by atoms with Crippen molar-refractivity contribution in [1.82, 2.24) is 0 Å². The van der Waals surface area contributed by atoms with Crippen LogP contribution >= 0.6 is 11.6 Å². The number of hydrogen-bond acceptors (Lipinski definition) is 0. The van der Waals surface area contributed by atoms with Crippen molar-refractivity contribution in [2.45, 2.75) is 45.4 Å². The average molecular weight is 161 g/mol. The first-order chi connectivity index (χ1) is 4.66. The highest BCUT2D eigenvalue weighted by Crippen LogP contribution is 2.07. The Labute approximate surface area is 69.3 Å². The van der Waals surface area contributed by atoms with Gasteiger partial charge in [-0.1, -0.05) is 18.6 Å². The van der Waals surface area contributed by atoms with E-state index < -0.39 is 0 Å². The summed E-state index contributed by atoms with van der Waals surface area (Å²) in [5.41, 5.74) is 1.47. The van der Waals surface area contributed by atoms with Crippen LogP contribution in [0.1, 0.15) is 40.0 Å². The number of rotatable bonds is 4. The van der Waals surface area contributed by atoms with E-state index in [9.17, 15) is 0 Å². The lowest BCUT2D eigenvalue weighted by molar-refractivity contribution is 0.815. The van der Waals surface area contributed by atoms with E-state index in [0.29, 0.717) is 5.38 Å². The third-order valence-electron chi connectivity index (χ3n) is 1.61. The average Bonchev–Trinajstić information content (AvgIpc) is 1.87. The van der Waals surface area contributed by atoms with Crippen LogP contribution in [0.2, 0.25) is 0 Å². The minimum atomic E-state index is 0.320. The normalized spacial score (nSPS) is 15.4. The highest BCUT2D eigenvalue weighted by molar-refractivity contribution is 6.20. The molecule has 0 nitrogen and oxygen atoms in total. The van der Waals surface area contributed by atoms with Crippen LogP contribution < -0.4 is 0 Å². The molecule has 0 saturated carbocycles. The molecule has 0 fully saturated rings. The molecule has 10 heavy (non-hydrogen) atoms. The van der Waals surface area contributed by atoms with Crippen LogP contribution in [0.4, 0.5) is 0 Å². The Balaban J connectivity index is 3.34. The van der Waals surface area contributed by atoms with Crippen molar-refractivity contribution in [3.63, 3.8) is 0 Å². The van der Waals surface area contributed by atoms with Crippen molar-refractivity contribution in [2.24, 2.45) is 0 Å². The molecule has 0 rings (SSSR count). The highest BCUT2D eigenvalue weighted by Gasteiger charge is 1.92. The number of alkyl halides is 1. The van der Waals surface area contributed by atoms with Gasteiger partial charge in [0, 0.05) is 5.38 Å². The molecule has 0 spiro atoms. The van der Waals surface area contributed by atoms with Crippen LogP contribution in [0.5, 0.6) is 0 Å². The van der Waals surface area contributed by atoms with Crippen LogP contribution in [0.15, 0.2) is 11.6 Å². The zero-order valence-electron chi connectivity index (χ0n) is 7.15. The molecule has 0 N–H and O–H groups in total. The zero-order valence-corrected chi connectivity index (χ0v) is 7.91. The second-order valence-electron chi connectivity index (χ2n) is 2.76. The summed E-state index contributed by atoms with van der Waals surface area (Å²) in [5.74, 6) is 0. The monoisotopic (exact) mass is 160 g/mol. The maximum atomic E-state index is 5.78. The summed E-state index contributed by atoms with van der Waals surface area (Å²) in [5, 5.41) is 0.320. The van der Waals surface area contributed by atoms with Crippen molar-refractivity contribution in [2.75, 3.05) is 0 Å². The molecule has 0 aliphatic carbocycles. The Hall–Kier alpha value is 0.0300. The van der Waals surface area contributed by atoms with Gasteiger partial charge in [0.05, 0.1) is 0 Å². The third-order valence-corrected chi connectivity index (χ3v) is 1.83. The Morgan fingerprint density at radius 1 is 1.60 bits per heavy atom. The number of halogens is 1. The van der Waals surface area contributed by atoms with Gasteiger partial charge in [-0.25, -0.2) is 0 Å². The largest absolute Gasteiger partial charge is 0.123 e. The second-order valence-corrected chi connectivity index (χ2v) is 3.51. The van der Waals surface area contributed by atoms with Crippen LogP contribution in [0.25, 0.3) is 0 Å². The standard InChI is InChI=1S/C9H17Cl/c1-4-8(2)6-5-7-9(3)10/h6,9H,4-5,7H2,1-3H3. The summed E-state index contributed by atoms with van der Waals surface area (Å²) in [7, 11) is 0. The minimum absolute atomic E-state index is 0.320. The molecule has 0 aromatic heterocycles. The molecule has 0 aliphatic rings. The van der Waals surface area contributed by atoms with Gasteiger partial charge in [0.15, 0.2) is 0 Å². The fraction of sp³-hybridized carbons (Fsp3) is 0.778. The minimum Gasteiger partial charge on any atom is -0.123 e. The number of allylic oxidation sites excluding steroid dienone is 2. The SMILES string of the molecule is CCC(C)=CCCC(C)Cl. The van der Waals surface area contributed by atoms with E-state index in [1.807, 2.05) is 6.92 Å². The molecule has 1 heteroatoms. The Morgan fingerprint density at radius 3 is 2.60 bits per heavy atom. The molecular weight excluding hydrogens is 144 g/mol. The molecule has 0 bridgehead atoms. The van der Waals surface area contributed by atoms with Gasteiger partial charge in [0.1, 0.15) is 0 Å². The van der Waals surface area contributed by atoms with Crippen molar-refractivity contribution in [1.29, 1.82) is 0 Å². The molecule has 0 aromatic carbocycles. The van der Waals surface area contributed by atoms with E-state index in [1.54, 1.807) is 0 Å². The summed E-state index contributed by atoms with van der Waals surface area (Å²) in [6, 6.07) is 0. The first-order valence-corrected chi connectivity index (χ1v) is 4.40. The molecule has 0 saturated heterocycles. The van der Waals surface area contributed by atoms with E-state index in [2.05, 4.69) is 19.9 Å². The van der Waals surface area contributed by atoms with Gasteiger partial charge >= 0.3 is 0 Å². The van der Waals surface area contributed by atoms with Crippen LogP contribution in [0.3, 0.4) is 0 Å². The molecule has 0 heterocycles. The van der Waals surface area contributed by atoms with E-state index in [0.717, 1.165) is 19.3 Å². The summed E-state index contributed by atoms with van der Waals surface area (Å²) in [6.07, 6.45) is 5.67. The van der Waals surface area contributed by atoms with E-state index in [-0.39, 0.29) is 0 Å². The molecular formula is C9H17Cl. The van der Waals surface area contributed by atoms with Crippen LogP contribution in [-0.4, -0.2) is 5.38 Å². The predicted molar refractivity (Wildman–Crippen MR) is 48.6 cm³/mol. The van der Waals surface area contributed by atoms with Crippen molar-refractivity contribution >= 4 is 11.6 Å². The van der Waals surface area contributed by atoms with Crippen molar-refractivity contribution in [3.05, 3.63) is 11.6 Å². The lowest BCUT2D eigenvalue weighted by Gasteiger charge is -1.98. The predicted octanol–water partition coefficient (Wildman–Crippen LogP) is 3.75. The lowest BCUT2D eigenvalue weighted by Crippen LogP contribution is -1.88. The fourth-order valence-electron chi connectivity index (χ4n) is 0.704. The summed E-state index contributed by atoms with van der Waals surface area (Å²) < 4.78 is 0. The van der Waals surface area contributed by atoms with Crippen molar-refractivity contribution < 1.29 is 0 Å². The fourth-order valence-corrected chi connectivity index (χ4v) is 0.830. The summed E-state index contributed by atoms with van der Waals surface area (Å²) in [4.78, 5) is 0. The summed E-state index contributed by atoms with van der Waals surface area (Å²) in [6.45, 7) is 6.38. The first kappa shape index (κ1) is 10.0. The lowest BCUT2D eigenvalue weighted by atomic mass is 10.1. The summed E-state index contributed by atoms with van der Waals surface area (Å²) >= 11 is 5.78. The molecule has 60 valence electrons. The Kier molecular flexibility index (Phi) is 5.81. The van der Waals surface area contributed by atoms with Crippen LogP contribution in [-0.2, 0) is 0 Å². The van der Waals surface area contributed by atoms with Gasteiger partial charge in [0.2, 0.25) is 0 Å². The van der Waals surface area contributed by atoms with Gasteiger partial charge in [-0.2, -0.15) is 0 Å². The quantitative estimate of drug-likeness (QED) is 0.434. The van der Waals surface area contributed by atoms with Crippen LogP contribution in [0, 0.1) is 0 Å². The van der Waals surface area contributed by atoms with Gasteiger partial charge < -0.3 is 0 Å². The Morgan fingerprint density at radius 2 is 2.20 bits per heavy atom. The molecule has 0 aromatic rings. The second kappa shape index (κ2) is 5.79. The van der Waals surface area contributed by atoms with Gasteiger partial charge in [-0.3, -0.25) is 0 Å². The Bertz CT molecular complexity index is 103. The highest BCUT2D eigenvalue weighted by atomic mass is 35.5. The smallest absolute Gasteiger partial charge is 0.0310 e. The van der Waals surface area contributed by atoms with E-state index in [4.69, 9.17) is 11.6 Å². The van der Waals surface area contributed by atoms with Gasteiger partial charge in [-0.15, -0.1) is 11.6 Å². The first-order valence-electron chi connectivity index (χ1n) is 3.96. The molecule has 1 atom stereocenters. The molecule has 1 unspecified atom stereocenters. The topological polar surface area (TPSA) is 0 Å². The molecule has 0 aliphatic heterocycles. The zero-order chi connectivity index (χ0) is 7.98. The van der Waals surface area contributed by atoms with E-state index >= 15 is 0 Å². The van der Waals surface area contributed by atoms with E-state index in [1.165, 1.54) is 5.57 Å².